The van der Waals surface area contributed by atoms with Crippen molar-refractivity contribution < 1.29 is 0 Å². The second-order valence-electron chi connectivity index (χ2n) is 6.95. The Morgan fingerprint density at radius 2 is 1.50 bits per heavy atom. The number of nitrogens with zero attached hydrogens (tertiary/aromatic N) is 2. The van der Waals surface area contributed by atoms with Gasteiger partial charge in [-0.1, -0.05) is 78.6 Å². The molecule has 0 N–H and O–H groups in total. The molecule has 2 nitrogen and oxygen atoms in total. The number of aryl methyl sites for hydroxylation is 2. The van der Waals surface area contributed by atoms with Crippen molar-refractivity contribution in [1.82, 2.24) is 9.55 Å². The van der Waals surface area contributed by atoms with Gasteiger partial charge in [-0.2, -0.15) is 0 Å². The first-order chi connectivity index (χ1) is 10.7. The van der Waals surface area contributed by atoms with Crippen LogP contribution in [0.15, 0.2) is 6.20 Å². The fraction of sp³-hybridized carbons (Fsp3) is 0.850. The largest absolute Gasteiger partial charge is 0.334 e. The van der Waals surface area contributed by atoms with E-state index in [1.165, 1.54) is 82.1 Å². The summed E-state index contributed by atoms with van der Waals surface area (Å²) in [5.41, 5.74) is 1.18. The van der Waals surface area contributed by atoms with E-state index < -0.39 is 0 Å². The number of rotatable bonds is 13. The fourth-order valence-electron chi connectivity index (χ4n) is 3.21. The van der Waals surface area contributed by atoms with Gasteiger partial charge in [0.05, 0.1) is 5.69 Å². The number of imidazole rings is 1. The molecule has 0 spiro atoms. The van der Waals surface area contributed by atoms with Crippen molar-refractivity contribution in [3.63, 3.8) is 0 Å². The highest BCUT2D eigenvalue weighted by Gasteiger charge is 2.13. The van der Waals surface area contributed by atoms with Crippen LogP contribution in [0.1, 0.15) is 109 Å². The van der Waals surface area contributed by atoms with Crippen LogP contribution in [0.2, 0.25) is 0 Å². The van der Waals surface area contributed by atoms with E-state index >= 15 is 0 Å². The zero-order valence-electron chi connectivity index (χ0n) is 15.5. The van der Waals surface area contributed by atoms with Crippen LogP contribution in [0.4, 0.5) is 0 Å². The summed E-state index contributed by atoms with van der Waals surface area (Å²) in [6, 6.07) is 0. The Morgan fingerprint density at radius 3 is 2.18 bits per heavy atom. The van der Waals surface area contributed by atoms with E-state index in [1.807, 2.05) is 0 Å². The van der Waals surface area contributed by atoms with Crippen LogP contribution in [-0.4, -0.2) is 9.55 Å². The average molecular weight is 307 g/mol. The first kappa shape index (κ1) is 19.3. The first-order valence-corrected chi connectivity index (χ1v) is 9.72. The van der Waals surface area contributed by atoms with Gasteiger partial charge in [0, 0.05) is 18.7 Å². The molecule has 1 rings (SSSR count). The van der Waals surface area contributed by atoms with E-state index in [0.717, 1.165) is 6.54 Å². The highest BCUT2D eigenvalue weighted by molar-refractivity contribution is 5.06. The lowest BCUT2D eigenvalue weighted by Crippen LogP contribution is -2.07. The molecule has 1 aromatic heterocycles. The van der Waals surface area contributed by atoms with Crippen LogP contribution < -0.4 is 0 Å². The molecule has 22 heavy (non-hydrogen) atoms. The standard InChI is InChI=1S/C20H38N2/c1-5-7-9-10-11-12-13-15-18(3)20-21-19(4)17-22(20)16-14-8-6-2/h17-18H,5-16H2,1-4H3. The SMILES string of the molecule is CCCCCCCCCC(C)c1nc(C)cn1CCCCC. The van der Waals surface area contributed by atoms with E-state index in [2.05, 4.69) is 38.5 Å². The summed E-state index contributed by atoms with van der Waals surface area (Å²) < 4.78 is 2.41. The maximum absolute atomic E-state index is 4.79. The van der Waals surface area contributed by atoms with Gasteiger partial charge in [-0.05, 0) is 19.8 Å². The molecule has 0 aliphatic rings. The van der Waals surface area contributed by atoms with E-state index in [0.29, 0.717) is 5.92 Å². The summed E-state index contributed by atoms with van der Waals surface area (Å²) in [7, 11) is 0. The zero-order chi connectivity index (χ0) is 16.2. The quantitative estimate of drug-likeness (QED) is 0.374. The number of hydrogen-bond acceptors (Lipinski definition) is 1. The van der Waals surface area contributed by atoms with Gasteiger partial charge in [-0.15, -0.1) is 0 Å². The van der Waals surface area contributed by atoms with Crippen molar-refractivity contribution in [1.29, 1.82) is 0 Å². The summed E-state index contributed by atoms with van der Waals surface area (Å²) in [6.45, 7) is 10.2. The van der Waals surface area contributed by atoms with Gasteiger partial charge >= 0.3 is 0 Å². The van der Waals surface area contributed by atoms with Gasteiger partial charge in [-0.25, -0.2) is 4.98 Å². The molecule has 1 heterocycles. The molecular formula is C20H38N2. The Morgan fingerprint density at radius 1 is 0.909 bits per heavy atom. The highest BCUT2D eigenvalue weighted by atomic mass is 15.1. The van der Waals surface area contributed by atoms with E-state index in [9.17, 15) is 0 Å². The molecule has 128 valence electrons. The number of unbranched alkanes of at least 4 members (excludes halogenated alkanes) is 8. The Balaban J connectivity index is 2.30. The molecule has 0 aliphatic carbocycles. The summed E-state index contributed by atoms with van der Waals surface area (Å²) in [6.07, 6.45) is 17.2. The second-order valence-corrected chi connectivity index (χ2v) is 6.95. The Kier molecular flexibility index (Phi) is 10.3. The number of aromatic nitrogens is 2. The smallest absolute Gasteiger partial charge is 0.111 e. The van der Waals surface area contributed by atoms with E-state index in [4.69, 9.17) is 4.98 Å². The minimum absolute atomic E-state index is 0.603. The van der Waals surface area contributed by atoms with Crippen LogP contribution >= 0.6 is 0 Å². The Labute approximate surface area is 138 Å². The van der Waals surface area contributed by atoms with Crippen LogP contribution in [0.5, 0.6) is 0 Å². The molecule has 0 aliphatic heterocycles. The molecule has 0 saturated heterocycles. The molecule has 0 amide bonds. The van der Waals surface area contributed by atoms with Crippen LogP contribution in [0.3, 0.4) is 0 Å². The summed E-state index contributed by atoms with van der Waals surface area (Å²) in [5, 5.41) is 0. The topological polar surface area (TPSA) is 17.8 Å². The third-order valence-corrected chi connectivity index (χ3v) is 4.61. The van der Waals surface area contributed by atoms with Gasteiger partial charge in [0.15, 0.2) is 0 Å². The first-order valence-electron chi connectivity index (χ1n) is 9.72. The van der Waals surface area contributed by atoms with Gasteiger partial charge in [0.2, 0.25) is 0 Å². The lowest BCUT2D eigenvalue weighted by atomic mass is 10.0. The maximum atomic E-state index is 4.79. The van der Waals surface area contributed by atoms with E-state index in [-0.39, 0.29) is 0 Å². The lowest BCUT2D eigenvalue weighted by molar-refractivity contribution is 0.508. The van der Waals surface area contributed by atoms with E-state index in [1.54, 1.807) is 0 Å². The second kappa shape index (κ2) is 11.7. The summed E-state index contributed by atoms with van der Waals surface area (Å²) >= 11 is 0. The van der Waals surface area contributed by atoms with Crippen molar-refractivity contribution in [3.05, 3.63) is 17.7 Å². The minimum Gasteiger partial charge on any atom is -0.334 e. The molecule has 1 atom stereocenters. The predicted octanol–water partition coefficient (Wildman–Crippen LogP) is 6.63. The van der Waals surface area contributed by atoms with Gasteiger partial charge in [0.25, 0.3) is 0 Å². The molecule has 0 radical (unpaired) electrons. The molecule has 1 unspecified atom stereocenters. The third kappa shape index (κ3) is 7.47. The molecule has 0 fully saturated rings. The molecule has 0 bridgehead atoms. The van der Waals surface area contributed by atoms with Crippen molar-refractivity contribution in [2.75, 3.05) is 0 Å². The molecule has 2 heteroatoms. The maximum Gasteiger partial charge on any atom is 0.111 e. The summed E-state index contributed by atoms with van der Waals surface area (Å²) in [4.78, 5) is 4.79. The van der Waals surface area contributed by atoms with Gasteiger partial charge < -0.3 is 4.57 Å². The molecule has 1 aromatic rings. The molecule has 0 saturated carbocycles. The van der Waals surface area contributed by atoms with Crippen molar-refractivity contribution in [2.45, 2.75) is 111 Å². The fourth-order valence-corrected chi connectivity index (χ4v) is 3.21. The number of hydrogen-bond donors (Lipinski definition) is 0. The minimum atomic E-state index is 0.603. The average Bonchev–Trinajstić information content (AvgIpc) is 2.87. The van der Waals surface area contributed by atoms with Gasteiger partial charge in [0.1, 0.15) is 5.82 Å². The van der Waals surface area contributed by atoms with Crippen LogP contribution in [-0.2, 0) is 6.54 Å². The van der Waals surface area contributed by atoms with Crippen molar-refractivity contribution in [2.24, 2.45) is 0 Å². The highest BCUT2D eigenvalue weighted by Crippen LogP contribution is 2.22. The summed E-state index contributed by atoms with van der Waals surface area (Å²) in [5.74, 6) is 1.92. The monoisotopic (exact) mass is 306 g/mol. The van der Waals surface area contributed by atoms with Crippen LogP contribution in [0, 0.1) is 6.92 Å². The Hall–Kier alpha value is -0.790. The molecular weight excluding hydrogens is 268 g/mol. The van der Waals surface area contributed by atoms with Crippen molar-refractivity contribution in [3.8, 4) is 0 Å². The molecule has 0 aromatic carbocycles. The van der Waals surface area contributed by atoms with Crippen molar-refractivity contribution >= 4 is 0 Å². The van der Waals surface area contributed by atoms with Gasteiger partial charge in [-0.3, -0.25) is 0 Å². The predicted molar refractivity (Wildman–Crippen MR) is 97.5 cm³/mol. The third-order valence-electron chi connectivity index (χ3n) is 4.61. The zero-order valence-corrected chi connectivity index (χ0v) is 15.5. The normalized spacial score (nSPS) is 12.7. The van der Waals surface area contributed by atoms with Crippen LogP contribution in [0.25, 0.3) is 0 Å². The Bertz CT molecular complexity index is 381. The lowest BCUT2D eigenvalue weighted by Gasteiger charge is -2.14.